The second-order valence-corrected chi connectivity index (χ2v) is 12.0. The first-order chi connectivity index (χ1) is 16.6. The van der Waals surface area contributed by atoms with Gasteiger partial charge in [-0.15, -0.1) is 23.1 Å². The third-order valence-electron chi connectivity index (χ3n) is 5.34. The van der Waals surface area contributed by atoms with Crippen LogP contribution in [0.25, 0.3) is 0 Å². The standard InChI is InChI=1S/C23H30N4O5S3/c1-13(2)19-21(30)32-15(7-5-6-8-33-14(3)28)9-17(29)24-10-18-25-16(11-34-18)20-27-23(4,12-35-20)22(31)26-19/h5,7,11,13,15,19H,6,8-10,12H2,1-4H3,(H,24,29)(H,26,31)/b7-5+. The lowest BCUT2D eigenvalue weighted by Gasteiger charge is -2.27. The third kappa shape index (κ3) is 7.65. The van der Waals surface area contributed by atoms with Crippen molar-refractivity contribution in [3.63, 3.8) is 0 Å². The van der Waals surface area contributed by atoms with Crippen molar-refractivity contribution in [3.05, 3.63) is 28.2 Å². The molecule has 1 aromatic heterocycles. The molecule has 0 saturated heterocycles. The van der Waals surface area contributed by atoms with E-state index in [-0.39, 0.29) is 35.8 Å². The Morgan fingerprint density at radius 1 is 1.37 bits per heavy atom. The molecule has 3 heterocycles. The Labute approximate surface area is 217 Å². The van der Waals surface area contributed by atoms with Crippen LogP contribution in [0.5, 0.6) is 0 Å². The van der Waals surface area contributed by atoms with Gasteiger partial charge in [0.25, 0.3) is 0 Å². The van der Waals surface area contributed by atoms with Crippen LogP contribution in [-0.4, -0.2) is 62.1 Å². The van der Waals surface area contributed by atoms with Crippen LogP contribution in [0, 0.1) is 5.92 Å². The summed E-state index contributed by atoms with van der Waals surface area (Å²) in [5.41, 5.74) is -0.354. The maximum absolute atomic E-state index is 13.2. The molecule has 35 heavy (non-hydrogen) atoms. The Morgan fingerprint density at radius 3 is 2.86 bits per heavy atom. The highest BCUT2D eigenvalue weighted by Gasteiger charge is 2.41. The summed E-state index contributed by atoms with van der Waals surface area (Å²) >= 11 is 4.05. The molecule has 2 aliphatic heterocycles. The maximum atomic E-state index is 13.2. The number of aromatic nitrogens is 1. The van der Waals surface area contributed by atoms with Gasteiger partial charge in [-0.3, -0.25) is 19.4 Å². The van der Waals surface area contributed by atoms with Crippen LogP contribution < -0.4 is 10.6 Å². The lowest BCUT2D eigenvalue weighted by atomic mass is 10.0. The maximum Gasteiger partial charge on any atom is 0.329 e. The van der Waals surface area contributed by atoms with E-state index < -0.39 is 23.7 Å². The Bertz CT molecular complexity index is 1040. The minimum absolute atomic E-state index is 0.0283. The van der Waals surface area contributed by atoms with Crippen molar-refractivity contribution in [2.24, 2.45) is 10.9 Å². The second kappa shape index (κ2) is 12.2. The first-order valence-electron chi connectivity index (χ1n) is 11.3. The molecule has 0 aliphatic carbocycles. The van der Waals surface area contributed by atoms with Crippen molar-refractivity contribution in [1.82, 2.24) is 15.6 Å². The number of ether oxygens (including phenoxy) is 1. The SMILES string of the molecule is CC(=O)SCC/C=C/C1CC(=O)NCc2nc(cs2)C2=NC(C)(CS2)C(=O)NC(C(C)C)C(=O)O1. The van der Waals surface area contributed by atoms with E-state index in [0.717, 1.165) is 0 Å². The largest absolute Gasteiger partial charge is 0.456 e. The number of carbonyl (C=O) groups is 4. The van der Waals surface area contributed by atoms with E-state index in [1.165, 1.54) is 41.8 Å². The lowest BCUT2D eigenvalue weighted by Crippen LogP contribution is -2.53. The van der Waals surface area contributed by atoms with Crippen molar-refractivity contribution in [2.75, 3.05) is 11.5 Å². The minimum atomic E-state index is -1.03. The molecule has 2 aliphatic rings. The Hall–Kier alpha value is -2.18. The number of thioether (sulfide) groups is 2. The first kappa shape index (κ1) is 27.4. The molecular weight excluding hydrogens is 508 g/mol. The molecular formula is C23H30N4O5S3. The Balaban J connectivity index is 1.84. The fourth-order valence-electron chi connectivity index (χ4n) is 3.35. The summed E-state index contributed by atoms with van der Waals surface area (Å²) in [4.78, 5) is 59.2. The van der Waals surface area contributed by atoms with Gasteiger partial charge >= 0.3 is 5.97 Å². The van der Waals surface area contributed by atoms with Crippen LogP contribution in [0.15, 0.2) is 22.5 Å². The summed E-state index contributed by atoms with van der Waals surface area (Å²) in [6, 6.07) is -0.894. The molecule has 4 bridgehead atoms. The van der Waals surface area contributed by atoms with Crippen LogP contribution in [0.2, 0.25) is 0 Å². The van der Waals surface area contributed by atoms with Crippen LogP contribution in [-0.2, 0) is 30.5 Å². The Morgan fingerprint density at radius 2 is 2.14 bits per heavy atom. The van der Waals surface area contributed by atoms with E-state index in [9.17, 15) is 19.2 Å². The van der Waals surface area contributed by atoms with Crippen LogP contribution >= 0.6 is 34.9 Å². The molecule has 0 fully saturated rings. The number of thiazole rings is 1. The average Bonchev–Trinajstić information content (AvgIpc) is 3.42. The van der Waals surface area contributed by atoms with Crippen molar-refractivity contribution in [1.29, 1.82) is 0 Å². The number of fused-ring (bicyclic) bond motifs is 4. The number of allylic oxidation sites excluding steroid dienone is 1. The highest BCUT2D eigenvalue weighted by molar-refractivity contribution is 8.14. The Kier molecular flexibility index (Phi) is 9.54. The van der Waals surface area contributed by atoms with E-state index in [1.54, 1.807) is 19.1 Å². The molecule has 1 aromatic rings. The van der Waals surface area contributed by atoms with E-state index in [0.29, 0.717) is 33.7 Å². The number of esters is 1. The van der Waals surface area contributed by atoms with Gasteiger partial charge in [-0.2, -0.15) is 0 Å². The van der Waals surface area contributed by atoms with Gasteiger partial charge in [0.2, 0.25) is 11.8 Å². The molecule has 12 heteroatoms. The van der Waals surface area contributed by atoms with Crippen molar-refractivity contribution in [3.8, 4) is 0 Å². The molecule has 3 rings (SSSR count). The molecule has 2 N–H and O–H groups in total. The van der Waals surface area contributed by atoms with Gasteiger partial charge in [-0.25, -0.2) is 9.78 Å². The summed E-state index contributed by atoms with van der Waals surface area (Å²) in [6.07, 6.45) is 3.16. The molecule has 9 nitrogen and oxygen atoms in total. The molecule has 0 saturated carbocycles. The van der Waals surface area contributed by atoms with Crippen molar-refractivity contribution in [2.45, 2.75) is 64.8 Å². The van der Waals surface area contributed by atoms with Crippen molar-refractivity contribution >= 4 is 62.8 Å². The molecule has 2 amide bonds. The highest BCUT2D eigenvalue weighted by atomic mass is 32.2. The molecule has 0 aromatic carbocycles. The summed E-state index contributed by atoms with van der Waals surface area (Å²) in [5.74, 6) is -0.472. The predicted molar refractivity (Wildman–Crippen MR) is 140 cm³/mol. The van der Waals surface area contributed by atoms with E-state index in [1.807, 2.05) is 19.2 Å². The molecule has 3 unspecified atom stereocenters. The van der Waals surface area contributed by atoms with Gasteiger partial charge in [0, 0.05) is 23.8 Å². The topological polar surface area (TPSA) is 127 Å². The predicted octanol–water partition coefficient (Wildman–Crippen LogP) is 2.69. The summed E-state index contributed by atoms with van der Waals surface area (Å²) in [7, 11) is 0. The lowest BCUT2D eigenvalue weighted by molar-refractivity contribution is -0.153. The number of amides is 2. The molecule has 0 radical (unpaired) electrons. The normalized spacial score (nSPS) is 25.9. The monoisotopic (exact) mass is 538 g/mol. The van der Waals surface area contributed by atoms with E-state index >= 15 is 0 Å². The summed E-state index contributed by atoms with van der Waals surface area (Å²) in [6.45, 7) is 7.13. The zero-order chi connectivity index (χ0) is 25.6. The fourth-order valence-corrected chi connectivity index (χ4v) is 5.82. The number of hydrogen-bond acceptors (Lipinski definition) is 10. The minimum Gasteiger partial charge on any atom is -0.456 e. The number of aliphatic imine (C=N–C) groups is 1. The smallest absolute Gasteiger partial charge is 0.329 e. The van der Waals surface area contributed by atoms with Crippen LogP contribution in [0.3, 0.4) is 0 Å². The summed E-state index contributed by atoms with van der Waals surface area (Å²) in [5, 5.41) is 8.93. The van der Waals surface area contributed by atoms with Crippen LogP contribution in [0.1, 0.15) is 51.2 Å². The number of carbonyl (C=O) groups excluding carboxylic acids is 4. The number of hydrogen-bond donors (Lipinski definition) is 2. The van der Waals surface area contributed by atoms with Gasteiger partial charge in [0.15, 0.2) is 5.12 Å². The average molecular weight is 539 g/mol. The van der Waals surface area contributed by atoms with Gasteiger partial charge in [0.1, 0.15) is 33.4 Å². The van der Waals surface area contributed by atoms with Gasteiger partial charge in [0.05, 0.1) is 13.0 Å². The first-order valence-corrected chi connectivity index (χ1v) is 14.2. The fraction of sp³-hybridized carbons (Fsp3) is 0.565. The van der Waals surface area contributed by atoms with Gasteiger partial charge in [-0.1, -0.05) is 31.7 Å². The quantitative estimate of drug-likeness (QED) is 0.333. The number of cyclic esters (lactones) is 1. The second-order valence-electron chi connectivity index (χ2n) is 8.81. The highest BCUT2D eigenvalue weighted by Crippen LogP contribution is 2.32. The van der Waals surface area contributed by atoms with Gasteiger partial charge < -0.3 is 15.4 Å². The number of nitrogens with one attached hydrogen (secondary N) is 2. The molecule has 3 atom stereocenters. The zero-order valence-electron chi connectivity index (χ0n) is 20.2. The van der Waals surface area contributed by atoms with E-state index in [4.69, 9.17) is 4.74 Å². The molecule has 190 valence electrons. The summed E-state index contributed by atoms with van der Waals surface area (Å²) < 4.78 is 5.68. The number of nitrogens with zero attached hydrogens (tertiary/aromatic N) is 2. The van der Waals surface area contributed by atoms with Crippen molar-refractivity contribution < 1.29 is 23.9 Å². The molecule has 0 spiro atoms. The zero-order valence-corrected chi connectivity index (χ0v) is 22.6. The number of rotatable bonds is 5. The van der Waals surface area contributed by atoms with Crippen LogP contribution in [0.4, 0.5) is 0 Å². The third-order valence-corrected chi connectivity index (χ3v) is 8.31. The van der Waals surface area contributed by atoms with Gasteiger partial charge in [-0.05, 0) is 25.3 Å². The van der Waals surface area contributed by atoms with E-state index in [2.05, 4.69) is 20.6 Å².